The van der Waals surface area contributed by atoms with Crippen LogP contribution in [0.2, 0.25) is 0 Å². The van der Waals surface area contributed by atoms with Gasteiger partial charge in [0.1, 0.15) is 0 Å². The Hall–Kier alpha value is -1.46. The van der Waals surface area contributed by atoms with Crippen LogP contribution in [-0.2, 0) is 6.42 Å². The maximum Gasteiger partial charge on any atom is 0.203 e. The summed E-state index contributed by atoms with van der Waals surface area (Å²) in [5.41, 5.74) is 13.0. The molecule has 20 heavy (non-hydrogen) atoms. The van der Waals surface area contributed by atoms with Crippen molar-refractivity contribution in [1.29, 1.82) is 0 Å². The predicted octanol–water partition coefficient (Wildman–Crippen LogP) is 1.71. The first kappa shape index (κ1) is 16.6. The van der Waals surface area contributed by atoms with Gasteiger partial charge < -0.3 is 25.7 Å². The summed E-state index contributed by atoms with van der Waals surface area (Å²) in [6, 6.07) is 4.13. The second kappa shape index (κ2) is 7.97. The summed E-state index contributed by atoms with van der Waals surface area (Å²) < 4.78 is 16.0. The highest BCUT2D eigenvalue weighted by Crippen LogP contribution is 2.38. The Labute approximate surface area is 121 Å². The van der Waals surface area contributed by atoms with Gasteiger partial charge in [-0.3, -0.25) is 0 Å². The molecule has 5 nitrogen and oxygen atoms in total. The van der Waals surface area contributed by atoms with Crippen molar-refractivity contribution >= 4 is 0 Å². The van der Waals surface area contributed by atoms with Gasteiger partial charge in [0.05, 0.1) is 21.3 Å². The predicted molar refractivity (Wildman–Crippen MR) is 80.7 cm³/mol. The zero-order chi connectivity index (χ0) is 15.1. The lowest BCUT2D eigenvalue weighted by Gasteiger charge is -2.17. The molecule has 0 aliphatic heterocycles. The first-order chi connectivity index (χ1) is 9.51. The van der Waals surface area contributed by atoms with Crippen molar-refractivity contribution in [2.45, 2.75) is 38.3 Å². The fraction of sp³-hybridized carbons (Fsp3) is 0.600. The van der Waals surface area contributed by atoms with Crippen LogP contribution in [0.15, 0.2) is 12.1 Å². The van der Waals surface area contributed by atoms with Crippen LogP contribution in [-0.4, -0.2) is 33.4 Å². The van der Waals surface area contributed by atoms with Gasteiger partial charge in [0.15, 0.2) is 11.5 Å². The second-order valence-corrected chi connectivity index (χ2v) is 5.05. The lowest BCUT2D eigenvalue weighted by Crippen LogP contribution is -2.26. The van der Waals surface area contributed by atoms with E-state index in [9.17, 15) is 0 Å². The van der Waals surface area contributed by atoms with Crippen LogP contribution in [0.4, 0.5) is 0 Å². The fourth-order valence-electron chi connectivity index (χ4n) is 2.14. The van der Waals surface area contributed by atoms with E-state index in [1.165, 1.54) is 0 Å². The van der Waals surface area contributed by atoms with E-state index in [1.54, 1.807) is 21.3 Å². The Bertz CT molecular complexity index is 397. The van der Waals surface area contributed by atoms with E-state index in [0.717, 1.165) is 24.8 Å². The largest absolute Gasteiger partial charge is 0.493 e. The lowest BCUT2D eigenvalue weighted by atomic mass is 10.00. The molecule has 114 valence electrons. The number of benzene rings is 1. The van der Waals surface area contributed by atoms with Crippen molar-refractivity contribution in [2.24, 2.45) is 11.5 Å². The van der Waals surface area contributed by atoms with Crippen molar-refractivity contribution in [1.82, 2.24) is 0 Å². The second-order valence-electron chi connectivity index (χ2n) is 5.05. The van der Waals surface area contributed by atoms with E-state index in [4.69, 9.17) is 25.7 Å². The van der Waals surface area contributed by atoms with Crippen LogP contribution in [0.3, 0.4) is 0 Å². The Morgan fingerprint density at radius 2 is 1.50 bits per heavy atom. The van der Waals surface area contributed by atoms with Crippen LogP contribution in [0.25, 0.3) is 0 Å². The van der Waals surface area contributed by atoms with E-state index in [0.29, 0.717) is 17.2 Å². The van der Waals surface area contributed by atoms with E-state index in [-0.39, 0.29) is 12.1 Å². The number of ether oxygens (including phenoxy) is 3. The minimum atomic E-state index is 0.0730. The zero-order valence-corrected chi connectivity index (χ0v) is 12.8. The molecule has 0 radical (unpaired) electrons. The van der Waals surface area contributed by atoms with Gasteiger partial charge in [0, 0.05) is 12.1 Å². The molecule has 1 aromatic rings. The molecular weight excluding hydrogens is 256 g/mol. The van der Waals surface area contributed by atoms with Crippen molar-refractivity contribution < 1.29 is 14.2 Å². The summed E-state index contributed by atoms with van der Waals surface area (Å²) in [7, 11) is 4.81. The molecule has 1 aromatic carbocycles. The number of hydrogen-bond donors (Lipinski definition) is 2. The molecule has 0 bridgehead atoms. The molecule has 4 N–H and O–H groups in total. The van der Waals surface area contributed by atoms with Crippen LogP contribution < -0.4 is 25.7 Å². The summed E-state index contributed by atoms with van der Waals surface area (Å²) in [5, 5.41) is 0. The molecule has 0 spiro atoms. The normalized spacial score (nSPS) is 13.7. The van der Waals surface area contributed by atoms with Crippen LogP contribution in [0, 0.1) is 0 Å². The SMILES string of the molecule is COc1cc(CC(N)CCC(C)N)cc(OC)c1OC. The molecule has 0 aliphatic rings. The third kappa shape index (κ3) is 4.58. The number of methoxy groups -OCH3 is 3. The fourth-order valence-corrected chi connectivity index (χ4v) is 2.14. The number of rotatable bonds is 8. The smallest absolute Gasteiger partial charge is 0.203 e. The van der Waals surface area contributed by atoms with E-state index in [1.807, 2.05) is 19.1 Å². The van der Waals surface area contributed by atoms with Crippen molar-refractivity contribution in [3.05, 3.63) is 17.7 Å². The maximum absolute atomic E-state index is 6.14. The molecule has 5 heteroatoms. The topological polar surface area (TPSA) is 79.7 Å². The average molecular weight is 282 g/mol. The zero-order valence-electron chi connectivity index (χ0n) is 12.8. The summed E-state index contributed by atoms with van der Waals surface area (Å²) in [5.74, 6) is 1.91. The van der Waals surface area contributed by atoms with Gasteiger partial charge in [-0.1, -0.05) is 0 Å². The van der Waals surface area contributed by atoms with E-state index < -0.39 is 0 Å². The molecule has 0 amide bonds. The molecule has 1 rings (SSSR count). The van der Waals surface area contributed by atoms with Gasteiger partial charge in [-0.25, -0.2) is 0 Å². The first-order valence-corrected chi connectivity index (χ1v) is 6.81. The molecule has 2 atom stereocenters. The van der Waals surface area contributed by atoms with Crippen LogP contribution in [0.5, 0.6) is 17.2 Å². The summed E-state index contributed by atoms with van der Waals surface area (Å²) in [6.45, 7) is 1.99. The number of nitrogens with two attached hydrogens (primary N) is 2. The molecule has 0 aliphatic carbocycles. The molecule has 0 aromatic heterocycles. The van der Waals surface area contributed by atoms with Gasteiger partial charge in [-0.2, -0.15) is 0 Å². The quantitative estimate of drug-likeness (QED) is 0.758. The molecular formula is C15H26N2O3. The summed E-state index contributed by atoms with van der Waals surface area (Å²) >= 11 is 0. The monoisotopic (exact) mass is 282 g/mol. The Morgan fingerprint density at radius 3 is 1.90 bits per heavy atom. The Morgan fingerprint density at radius 1 is 0.950 bits per heavy atom. The van der Waals surface area contributed by atoms with Crippen molar-refractivity contribution in [2.75, 3.05) is 21.3 Å². The van der Waals surface area contributed by atoms with Crippen molar-refractivity contribution in [3.63, 3.8) is 0 Å². The third-order valence-corrected chi connectivity index (χ3v) is 3.22. The minimum Gasteiger partial charge on any atom is -0.493 e. The average Bonchev–Trinajstić information content (AvgIpc) is 2.43. The van der Waals surface area contributed by atoms with Gasteiger partial charge in [-0.05, 0) is 43.9 Å². The Kier molecular flexibility index (Phi) is 6.61. The number of hydrogen-bond acceptors (Lipinski definition) is 5. The highest BCUT2D eigenvalue weighted by atomic mass is 16.5. The first-order valence-electron chi connectivity index (χ1n) is 6.81. The van der Waals surface area contributed by atoms with E-state index in [2.05, 4.69) is 0 Å². The lowest BCUT2D eigenvalue weighted by molar-refractivity contribution is 0.323. The molecule has 0 saturated carbocycles. The summed E-state index contributed by atoms with van der Waals surface area (Å²) in [6.07, 6.45) is 2.57. The van der Waals surface area contributed by atoms with Gasteiger partial charge in [-0.15, -0.1) is 0 Å². The standard InChI is InChI=1S/C15H26N2O3/c1-10(16)5-6-12(17)7-11-8-13(18-2)15(20-4)14(9-11)19-3/h8-10,12H,5-7,16-17H2,1-4H3. The molecule has 0 fully saturated rings. The van der Waals surface area contributed by atoms with Gasteiger partial charge in [0.2, 0.25) is 5.75 Å². The van der Waals surface area contributed by atoms with Crippen LogP contribution in [0.1, 0.15) is 25.3 Å². The Balaban J connectivity index is 2.85. The molecule has 0 heterocycles. The highest BCUT2D eigenvalue weighted by molar-refractivity contribution is 5.53. The highest BCUT2D eigenvalue weighted by Gasteiger charge is 2.14. The van der Waals surface area contributed by atoms with E-state index >= 15 is 0 Å². The minimum absolute atomic E-state index is 0.0730. The van der Waals surface area contributed by atoms with Gasteiger partial charge >= 0.3 is 0 Å². The molecule has 2 unspecified atom stereocenters. The maximum atomic E-state index is 6.14. The summed E-state index contributed by atoms with van der Waals surface area (Å²) in [4.78, 5) is 0. The molecule has 0 saturated heterocycles. The van der Waals surface area contributed by atoms with Gasteiger partial charge in [0.25, 0.3) is 0 Å². The van der Waals surface area contributed by atoms with Crippen molar-refractivity contribution in [3.8, 4) is 17.2 Å². The van der Waals surface area contributed by atoms with Crippen LogP contribution >= 0.6 is 0 Å². The third-order valence-electron chi connectivity index (χ3n) is 3.22.